The van der Waals surface area contributed by atoms with Gasteiger partial charge in [0.05, 0.1) is 9.40 Å². The first-order valence-corrected chi connectivity index (χ1v) is 8.10. The number of hydrogen-bond acceptors (Lipinski definition) is 5. The number of anilines is 1. The van der Waals surface area contributed by atoms with Gasteiger partial charge in [-0.1, -0.05) is 19.3 Å². The summed E-state index contributed by atoms with van der Waals surface area (Å²) < 4.78 is 0.644. The van der Waals surface area contributed by atoms with E-state index in [4.69, 9.17) is 5.73 Å². The lowest BCUT2D eigenvalue weighted by atomic mass is 9.84. The summed E-state index contributed by atoms with van der Waals surface area (Å²) in [6, 6.07) is 0.162. The predicted octanol–water partition coefficient (Wildman–Crippen LogP) is 3.38. The normalized spacial score (nSPS) is 17.5. The Bertz CT molecular complexity index is 518. The average molecular weight is 357 g/mol. The van der Waals surface area contributed by atoms with E-state index in [1.807, 2.05) is 0 Å². The van der Waals surface area contributed by atoms with Gasteiger partial charge in [-0.05, 0) is 41.6 Å². The standard InChI is InChI=1S/C14H21BrN4O2/c1-9-12(19(20)21)8-17-14(13(9)15)18-11(7-16)10-5-3-2-4-6-10/h8,10-11H,2-7,16H2,1H3,(H,17,18). The molecule has 0 aromatic carbocycles. The Morgan fingerprint density at radius 3 is 2.76 bits per heavy atom. The van der Waals surface area contributed by atoms with E-state index >= 15 is 0 Å². The molecular weight excluding hydrogens is 336 g/mol. The van der Waals surface area contributed by atoms with Crippen molar-refractivity contribution in [2.24, 2.45) is 11.7 Å². The smallest absolute Gasteiger partial charge is 0.291 e. The summed E-state index contributed by atoms with van der Waals surface area (Å²) in [5.74, 6) is 1.19. The van der Waals surface area contributed by atoms with Gasteiger partial charge < -0.3 is 11.1 Å². The van der Waals surface area contributed by atoms with Gasteiger partial charge in [0, 0.05) is 18.2 Å². The van der Waals surface area contributed by atoms with Gasteiger partial charge in [-0.3, -0.25) is 10.1 Å². The predicted molar refractivity (Wildman–Crippen MR) is 86.4 cm³/mol. The van der Waals surface area contributed by atoms with E-state index in [1.54, 1.807) is 6.92 Å². The Kier molecular flexibility index (Phi) is 5.52. The van der Waals surface area contributed by atoms with Crippen molar-refractivity contribution in [2.45, 2.75) is 45.1 Å². The maximum atomic E-state index is 10.9. The summed E-state index contributed by atoms with van der Waals surface area (Å²) in [6.07, 6.45) is 7.45. The number of nitro groups is 1. The molecule has 21 heavy (non-hydrogen) atoms. The highest BCUT2D eigenvalue weighted by Gasteiger charge is 2.25. The summed E-state index contributed by atoms with van der Waals surface area (Å²) in [5.41, 5.74) is 6.51. The Hall–Kier alpha value is -1.21. The summed E-state index contributed by atoms with van der Waals surface area (Å²) in [7, 11) is 0. The van der Waals surface area contributed by atoms with Gasteiger partial charge in [0.2, 0.25) is 0 Å². The number of pyridine rings is 1. The van der Waals surface area contributed by atoms with Gasteiger partial charge in [0.25, 0.3) is 5.69 Å². The minimum Gasteiger partial charge on any atom is -0.365 e. The molecule has 1 unspecified atom stereocenters. The van der Waals surface area contributed by atoms with Gasteiger partial charge in [0.15, 0.2) is 0 Å². The van der Waals surface area contributed by atoms with E-state index in [1.165, 1.54) is 38.3 Å². The lowest BCUT2D eigenvalue weighted by molar-refractivity contribution is -0.385. The molecule has 1 fully saturated rings. The maximum Gasteiger partial charge on any atom is 0.291 e. The third-order valence-electron chi connectivity index (χ3n) is 4.23. The summed E-state index contributed by atoms with van der Waals surface area (Å²) in [4.78, 5) is 14.7. The minimum atomic E-state index is -0.418. The molecule has 1 aromatic rings. The topological polar surface area (TPSA) is 94.1 Å². The minimum absolute atomic E-state index is 0.0226. The second kappa shape index (κ2) is 7.17. The van der Waals surface area contributed by atoms with E-state index in [9.17, 15) is 10.1 Å². The van der Waals surface area contributed by atoms with Crippen molar-refractivity contribution in [3.8, 4) is 0 Å². The molecular formula is C14H21BrN4O2. The highest BCUT2D eigenvalue weighted by atomic mass is 79.9. The lowest BCUT2D eigenvalue weighted by Gasteiger charge is -2.30. The fourth-order valence-electron chi connectivity index (χ4n) is 2.94. The fraction of sp³-hybridized carbons (Fsp3) is 0.643. The largest absolute Gasteiger partial charge is 0.365 e. The van der Waals surface area contributed by atoms with Gasteiger partial charge in [0.1, 0.15) is 12.0 Å². The van der Waals surface area contributed by atoms with Crippen LogP contribution < -0.4 is 11.1 Å². The molecule has 1 saturated carbocycles. The van der Waals surface area contributed by atoms with Crippen LogP contribution in [0.1, 0.15) is 37.7 Å². The molecule has 0 aliphatic heterocycles. The number of nitrogens with zero attached hydrogens (tertiary/aromatic N) is 2. The number of nitrogens with one attached hydrogen (secondary N) is 1. The molecule has 1 atom stereocenters. The van der Waals surface area contributed by atoms with Crippen LogP contribution in [0.3, 0.4) is 0 Å². The molecule has 3 N–H and O–H groups in total. The second-order valence-electron chi connectivity index (χ2n) is 5.57. The number of aromatic nitrogens is 1. The van der Waals surface area contributed by atoms with Gasteiger partial charge in [-0.15, -0.1) is 0 Å². The molecule has 0 spiro atoms. The average Bonchev–Trinajstić information content (AvgIpc) is 2.49. The molecule has 0 saturated heterocycles. The quantitative estimate of drug-likeness (QED) is 0.622. The SMILES string of the molecule is Cc1c([N+](=O)[O-])cnc(NC(CN)C2CCCCC2)c1Br. The van der Waals surface area contributed by atoms with Crippen LogP contribution in [0.5, 0.6) is 0 Å². The van der Waals surface area contributed by atoms with Crippen molar-refractivity contribution >= 4 is 27.4 Å². The van der Waals surface area contributed by atoms with E-state index in [0.717, 1.165) is 0 Å². The third-order valence-corrected chi connectivity index (χ3v) is 5.20. The first kappa shape index (κ1) is 16.2. The molecule has 2 rings (SSSR count). The van der Waals surface area contributed by atoms with Crippen molar-refractivity contribution in [1.82, 2.24) is 4.98 Å². The van der Waals surface area contributed by atoms with Crippen molar-refractivity contribution in [1.29, 1.82) is 0 Å². The number of rotatable bonds is 5. The summed E-state index contributed by atoms with van der Waals surface area (Å²) in [5, 5.41) is 14.3. The zero-order chi connectivity index (χ0) is 15.4. The third kappa shape index (κ3) is 3.71. The van der Waals surface area contributed by atoms with Crippen LogP contribution in [0.15, 0.2) is 10.7 Å². The van der Waals surface area contributed by atoms with Crippen LogP contribution in [-0.4, -0.2) is 22.5 Å². The van der Waals surface area contributed by atoms with Crippen LogP contribution in [0, 0.1) is 23.0 Å². The first-order chi connectivity index (χ1) is 10.0. The monoisotopic (exact) mass is 356 g/mol. The first-order valence-electron chi connectivity index (χ1n) is 7.30. The van der Waals surface area contributed by atoms with Crippen LogP contribution >= 0.6 is 15.9 Å². The van der Waals surface area contributed by atoms with Crippen LogP contribution in [-0.2, 0) is 0 Å². The highest BCUT2D eigenvalue weighted by molar-refractivity contribution is 9.10. The van der Waals surface area contributed by atoms with E-state index in [0.29, 0.717) is 28.3 Å². The Balaban J connectivity index is 2.17. The highest BCUT2D eigenvalue weighted by Crippen LogP contribution is 2.33. The molecule has 1 heterocycles. The Morgan fingerprint density at radius 2 is 2.19 bits per heavy atom. The van der Waals surface area contributed by atoms with Crippen LogP contribution in [0.4, 0.5) is 11.5 Å². The number of nitrogens with two attached hydrogens (primary N) is 1. The Morgan fingerprint density at radius 1 is 1.52 bits per heavy atom. The van der Waals surface area contributed by atoms with Gasteiger partial charge >= 0.3 is 0 Å². The fourth-order valence-corrected chi connectivity index (χ4v) is 3.36. The molecule has 0 radical (unpaired) electrons. The number of hydrogen-bond donors (Lipinski definition) is 2. The molecule has 6 nitrogen and oxygen atoms in total. The van der Waals surface area contributed by atoms with Gasteiger partial charge in [-0.2, -0.15) is 0 Å². The molecule has 0 amide bonds. The van der Waals surface area contributed by atoms with Crippen molar-refractivity contribution in [3.05, 3.63) is 26.3 Å². The molecule has 1 aliphatic carbocycles. The van der Waals surface area contributed by atoms with E-state index < -0.39 is 4.92 Å². The van der Waals surface area contributed by atoms with Crippen molar-refractivity contribution < 1.29 is 4.92 Å². The summed E-state index contributed by atoms with van der Waals surface area (Å²) >= 11 is 3.41. The van der Waals surface area contributed by atoms with E-state index in [-0.39, 0.29) is 11.7 Å². The Labute approximate surface area is 132 Å². The maximum absolute atomic E-state index is 10.9. The lowest BCUT2D eigenvalue weighted by Crippen LogP contribution is -2.37. The molecule has 1 aliphatic rings. The van der Waals surface area contributed by atoms with Crippen LogP contribution in [0.25, 0.3) is 0 Å². The van der Waals surface area contributed by atoms with E-state index in [2.05, 4.69) is 26.2 Å². The molecule has 0 bridgehead atoms. The van der Waals surface area contributed by atoms with Crippen molar-refractivity contribution in [3.63, 3.8) is 0 Å². The molecule has 7 heteroatoms. The van der Waals surface area contributed by atoms with Crippen LogP contribution in [0.2, 0.25) is 0 Å². The zero-order valence-electron chi connectivity index (χ0n) is 12.1. The van der Waals surface area contributed by atoms with Crippen molar-refractivity contribution in [2.75, 3.05) is 11.9 Å². The summed E-state index contributed by atoms with van der Waals surface area (Å²) in [6.45, 7) is 2.25. The second-order valence-corrected chi connectivity index (χ2v) is 6.37. The molecule has 116 valence electrons. The molecule has 1 aromatic heterocycles. The van der Waals surface area contributed by atoms with Gasteiger partial charge in [-0.25, -0.2) is 4.98 Å². The number of halogens is 1. The zero-order valence-corrected chi connectivity index (χ0v) is 13.7.